The van der Waals surface area contributed by atoms with E-state index in [4.69, 9.17) is 4.74 Å². The maximum absolute atomic E-state index is 13.1. The number of nitrogens with one attached hydrogen (secondary N) is 2. The van der Waals surface area contributed by atoms with Crippen LogP contribution in [0, 0.1) is 11.7 Å². The lowest BCUT2D eigenvalue weighted by Gasteiger charge is -2.37. The summed E-state index contributed by atoms with van der Waals surface area (Å²) >= 11 is 0. The van der Waals surface area contributed by atoms with Crippen molar-refractivity contribution in [3.8, 4) is 0 Å². The van der Waals surface area contributed by atoms with Gasteiger partial charge in [-0.05, 0) is 38.1 Å². The van der Waals surface area contributed by atoms with Crippen LogP contribution >= 0.6 is 0 Å². The Morgan fingerprint density at radius 3 is 2.41 bits per heavy atom. The average molecular weight is 400 g/mol. The molecule has 2 aliphatic heterocycles. The van der Waals surface area contributed by atoms with Crippen LogP contribution < -0.4 is 15.8 Å². The third-order valence-electron chi connectivity index (χ3n) is 4.99. The first-order valence-electron chi connectivity index (χ1n) is 9.01. The monoisotopic (exact) mass is 400 g/mol. The Bertz CT molecular complexity index is 766. The van der Waals surface area contributed by atoms with E-state index in [-0.39, 0.29) is 18.5 Å². The normalized spacial score (nSPS) is 26.9. The van der Waals surface area contributed by atoms with E-state index >= 15 is 0 Å². The number of hydrazine groups is 1. The highest BCUT2D eigenvalue weighted by Gasteiger charge is 2.49. The number of nitrogens with zero attached hydrogens (tertiary/aromatic N) is 2. The Balaban J connectivity index is 1.69. The van der Waals surface area contributed by atoms with Gasteiger partial charge in [0.1, 0.15) is 11.7 Å². The maximum atomic E-state index is 13.1. The number of carbonyl (C=O) groups excluding carboxylic acids is 1. The van der Waals surface area contributed by atoms with Crippen LogP contribution in [0.1, 0.15) is 13.8 Å². The highest BCUT2D eigenvalue weighted by Crippen LogP contribution is 2.25. The molecule has 3 rings (SSSR count). The van der Waals surface area contributed by atoms with E-state index in [0.717, 1.165) is 5.69 Å². The minimum Gasteiger partial charge on any atom is -0.466 e. The van der Waals surface area contributed by atoms with Gasteiger partial charge >= 0.3 is 5.97 Å². The molecule has 0 saturated carbocycles. The molecular formula is C17H25FN4O4S. The summed E-state index contributed by atoms with van der Waals surface area (Å²) < 4.78 is 45.7. The summed E-state index contributed by atoms with van der Waals surface area (Å²) in [7, 11) is -3.75. The minimum absolute atomic E-state index is 0.200. The number of carbonyl (C=O) groups is 1. The zero-order chi connectivity index (χ0) is 19.6. The summed E-state index contributed by atoms with van der Waals surface area (Å²) in [4.78, 5) is 14.2. The summed E-state index contributed by atoms with van der Waals surface area (Å²) in [5, 5.41) is -1.07. The predicted octanol–water partition coefficient (Wildman–Crippen LogP) is 0.279. The van der Waals surface area contributed by atoms with E-state index < -0.39 is 27.3 Å². The van der Waals surface area contributed by atoms with Crippen LogP contribution in [0.15, 0.2) is 24.3 Å². The first-order chi connectivity index (χ1) is 12.8. The van der Waals surface area contributed by atoms with E-state index in [2.05, 4.69) is 10.9 Å². The quantitative estimate of drug-likeness (QED) is 0.686. The van der Waals surface area contributed by atoms with Crippen molar-refractivity contribution in [2.45, 2.75) is 25.3 Å². The Morgan fingerprint density at radius 2 is 1.81 bits per heavy atom. The largest absolute Gasteiger partial charge is 0.466 e. The Morgan fingerprint density at radius 1 is 1.19 bits per heavy atom. The molecule has 27 heavy (non-hydrogen) atoms. The number of halogens is 1. The smallest absolute Gasteiger partial charge is 0.313 e. The molecule has 0 aromatic heterocycles. The molecule has 2 aliphatic rings. The van der Waals surface area contributed by atoms with Gasteiger partial charge in [0, 0.05) is 37.9 Å². The number of benzene rings is 1. The molecule has 10 heteroatoms. The molecule has 0 aliphatic carbocycles. The molecule has 0 amide bonds. The van der Waals surface area contributed by atoms with Crippen molar-refractivity contribution in [1.29, 1.82) is 0 Å². The highest BCUT2D eigenvalue weighted by atomic mass is 32.2. The maximum Gasteiger partial charge on any atom is 0.313 e. The minimum atomic E-state index is -3.75. The highest BCUT2D eigenvalue weighted by molar-refractivity contribution is 7.89. The van der Waals surface area contributed by atoms with Crippen LogP contribution in [0.25, 0.3) is 0 Å². The average Bonchev–Trinajstić information content (AvgIpc) is 3.05. The van der Waals surface area contributed by atoms with Crippen molar-refractivity contribution >= 4 is 21.7 Å². The summed E-state index contributed by atoms with van der Waals surface area (Å²) in [5.41, 5.74) is 6.44. The number of sulfonamides is 1. The fourth-order valence-corrected chi connectivity index (χ4v) is 5.42. The molecular weight excluding hydrogens is 375 g/mol. The fraction of sp³-hybridized carbons (Fsp3) is 0.588. The van der Waals surface area contributed by atoms with Crippen LogP contribution in [0.2, 0.25) is 0 Å². The first-order valence-corrected chi connectivity index (χ1v) is 10.5. The lowest BCUT2D eigenvalue weighted by atomic mass is 10.0. The molecule has 0 bridgehead atoms. The molecule has 3 atom stereocenters. The Kier molecular flexibility index (Phi) is 5.99. The van der Waals surface area contributed by atoms with Crippen LogP contribution in [0.4, 0.5) is 10.1 Å². The molecule has 1 aromatic carbocycles. The van der Waals surface area contributed by atoms with E-state index in [1.807, 2.05) is 4.90 Å². The molecule has 2 heterocycles. The summed E-state index contributed by atoms with van der Waals surface area (Å²) in [5.74, 6) is -1.65. The van der Waals surface area contributed by atoms with Crippen molar-refractivity contribution in [1.82, 2.24) is 15.2 Å². The van der Waals surface area contributed by atoms with Gasteiger partial charge in [-0.25, -0.2) is 18.2 Å². The van der Waals surface area contributed by atoms with Crippen molar-refractivity contribution in [2.24, 2.45) is 5.92 Å². The van der Waals surface area contributed by atoms with Gasteiger partial charge in [0.15, 0.2) is 5.37 Å². The summed E-state index contributed by atoms with van der Waals surface area (Å²) in [6.07, 6.45) is 0. The van der Waals surface area contributed by atoms with Gasteiger partial charge in [-0.3, -0.25) is 10.2 Å². The molecule has 2 saturated heterocycles. The molecule has 2 fully saturated rings. The SMILES string of the molecule is CCOC(=O)C1C(C)NNC1S(=O)(=O)N1CCN(c2ccc(F)cc2)CC1. The molecule has 0 spiro atoms. The first kappa shape index (κ1) is 20.0. The predicted molar refractivity (Wildman–Crippen MR) is 98.8 cm³/mol. The Hall–Kier alpha value is -1.75. The van der Waals surface area contributed by atoms with Crippen LogP contribution in [-0.2, 0) is 19.6 Å². The molecule has 3 unspecified atom stereocenters. The van der Waals surface area contributed by atoms with Gasteiger partial charge in [0.2, 0.25) is 10.0 Å². The van der Waals surface area contributed by atoms with E-state index in [1.54, 1.807) is 26.0 Å². The van der Waals surface area contributed by atoms with Gasteiger partial charge in [-0.2, -0.15) is 4.31 Å². The molecule has 150 valence electrons. The van der Waals surface area contributed by atoms with Gasteiger partial charge in [0.05, 0.1) is 6.61 Å². The van der Waals surface area contributed by atoms with Gasteiger partial charge in [0.25, 0.3) is 0 Å². The van der Waals surface area contributed by atoms with E-state index in [9.17, 15) is 17.6 Å². The molecule has 2 N–H and O–H groups in total. The number of rotatable bonds is 5. The van der Waals surface area contributed by atoms with E-state index in [0.29, 0.717) is 26.2 Å². The molecule has 1 aromatic rings. The summed E-state index contributed by atoms with van der Waals surface area (Å²) in [6.45, 7) is 5.21. The second-order valence-corrected chi connectivity index (χ2v) is 8.74. The molecule has 8 nitrogen and oxygen atoms in total. The Labute approximate surface area is 158 Å². The van der Waals surface area contributed by atoms with Gasteiger partial charge < -0.3 is 9.64 Å². The third kappa shape index (κ3) is 4.08. The van der Waals surface area contributed by atoms with Crippen molar-refractivity contribution in [3.63, 3.8) is 0 Å². The zero-order valence-corrected chi connectivity index (χ0v) is 16.2. The van der Waals surface area contributed by atoms with Crippen molar-refractivity contribution in [3.05, 3.63) is 30.1 Å². The second-order valence-electron chi connectivity index (χ2n) is 6.68. The van der Waals surface area contributed by atoms with Crippen molar-refractivity contribution < 1.29 is 22.3 Å². The van der Waals surface area contributed by atoms with Gasteiger partial charge in [-0.1, -0.05) is 0 Å². The number of anilines is 1. The second kappa shape index (κ2) is 8.09. The zero-order valence-electron chi connectivity index (χ0n) is 15.4. The number of hydrogen-bond acceptors (Lipinski definition) is 7. The van der Waals surface area contributed by atoms with E-state index in [1.165, 1.54) is 16.4 Å². The summed E-state index contributed by atoms with van der Waals surface area (Å²) in [6, 6.07) is 5.78. The van der Waals surface area contributed by atoms with Crippen LogP contribution in [0.3, 0.4) is 0 Å². The number of hydrogen-bond donors (Lipinski definition) is 2. The number of esters is 1. The number of ether oxygens (including phenoxy) is 1. The topological polar surface area (TPSA) is 91.0 Å². The van der Waals surface area contributed by atoms with Gasteiger partial charge in [-0.15, -0.1) is 0 Å². The third-order valence-corrected chi connectivity index (χ3v) is 7.13. The lowest BCUT2D eigenvalue weighted by molar-refractivity contribution is -0.148. The van der Waals surface area contributed by atoms with Crippen molar-refractivity contribution in [2.75, 3.05) is 37.7 Å². The fourth-order valence-electron chi connectivity index (χ4n) is 3.49. The van der Waals surface area contributed by atoms with Crippen LogP contribution in [0.5, 0.6) is 0 Å². The standard InChI is InChI=1S/C17H25FN4O4S/c1-3-26-17(23)15-12(2)19-20-16(15)27(24,25)22-10-8-21(9-11-22)14-6-4-13(18)5-7-14/h4-7,12,15-16,19-20H,3,8-11H2,1-2H3. The number of piperazine rings is 1. The molecule has 0 radical (unpaired) electrons. The lowest BCUT2D eigenvalue weighted by Crippen LogP contribution is -2.55. The van der Waals surface area contributed by atoms with Crippen LogP contribution in [-0.4, -0.2) is 62.9 Å².